The number of halogens is 5. The summed E-state index contributed by atoms with van der Waals surface area (Å²) >= 11 is 0. The van der Waals surface area contributed by atoms with Crippen molar-refractivity contribution in [3.8, 4) is 5.75 Å². The Morgan fingerprint density at radius 1 is 1.32 bits per heavy atom. The number of alkyl halides is 3. The van der Waals surface area contributed by atoms with Gasteiger partial charge in [0, 0.05) is 17.4 Å². The lowest BCUT2D eigenvalue weighted by Crippen LogP contribution is -2.47. The van der Waals surface area contributed by atoms with Crippen LogP contribution in [0.5, 0.6) is 5.75 Å². The first-order valence-corrected chi connectivity index (χ1v) is 6.93. The van der Waals surface area contributed by atoms with E-state index >= 15 is 0 Å². The van der Waals surface area contributed by atoms with Gasteiger partial charge < -0.3 is 14.2 Å². The number of carbonyl (C=O) groups is 1. The van der Waals surface area contributed by atoms with Crippen LogP contribution in [-0.2, 0) is 14.3 Å². The quantitative estimate of drug-likeness (QED) is 0.599. The van der Waals surface area contributed by atoms with Crippen LogP contribution in [0.1, 0.15) is 33.6 Å². The van der Waals surface area contributed by atoms with E-state index in [0.29, 0.717) is 13.0 Å². The summed E-state index contributed by atoms with van der Waals surface area (Å²) in [5.41, 5.74) is -3.68. The van der Waals surface area contributed by atoms with Gasteiger partial charge in [-0.15, -0.1) is 0 Å². The van der Waals surface area contributed by atoms with Gasteiger partial charge in [-0.1, -0.05) is 13.0 Å². The van der Waals surface area contributed by atoms with Gasteiger partial charge in [-0.05, 0) is 13.0 Å². The van der Waals surface area contributed by atoms with Crippen LogP contribution in [0.2, 0.25) is 0 Å². The van der Waals surface area contributed by atoms with Gasteiger partial charge in [-0.25, -0.2) is 9.18 Å². The third-order valence-corrected chi connectivity index (χ3v) is 4.54. The van der Waals surface area contributed by atoms with E-state index in [9.17, 15) is 26.7 Å². The highest BCUT2D eigenvalue weighted by molar-refractivity contribution is 5.77. The molecule has 0 amide bonds. The van der Waals surface area contributed by atoms with Crippen LogP contribution in [0.15, 0.2) is 12.1 Å². The summed E-state index contributed by atoms with van der Waals surface area (Å²) in [4.78, 5) is 12.4. The zero-order chi connectivity index (χ0) is 24.2. The minimum Gasteiger partial charge on any atom is -0.493 e. The summed E-state index contributed by atoms with van der Waals surface area (Å²) in [6.45, 7) is 1.55. The van der Waals surface area contributed by atoms with Crippen LogP contribution >= 0.6 is 0 Å². The van der Waals surface area contributed by atoms with Crippen LogP contribution in [-0.4, -0.2) is 37.9 Å². The molecule has 0 N–H and O–H groups in total. The molecule has 4 nitrogen and oxygen atoms in total. The molecule has 0 aromatic heterocycles. The van der Waals surface area contributed by atoms with Gasteiger partial charge in [0.05, 0.1) is 22.3 Å². The fraction of sp³-hybridized carbons (Fsp3) is 0.562. The van der Waals surface area contributed by atoms with Gasteiger partial charge in [0.1, 0.15) is 0 Å². The Bertz CT molecular complexity index is 857. The fourth-order valence-corrected chi connectivity index (χ4v) is 2.97. The molecule has 0 radical (unpaired) electrons. The SMILES string of the molecule is [2H]C([2H])([2H])OC(=O)[C@@H]1O[C@@](C)(C(F)(F)F)[C@@H](C)[C@H]1c1ccc(F)c(F)c1OC([2H])([2H])[2H]. The predicted octanol–water partition coefficient (Wildman–Crippen LogP) is 3.59. The van der Waals surface area contributed by atoms with E-state index in [2.05, 4.69) is 9.47 Å². The van der Waals surface area contributed by atoms with Crippen molar-refractivity contribution in [2.75, 3.05) is 14.1 Å². The first kappa shape index (κ1) is 12.5. The van der Waals surface area contributed by atoms with E-state index in [4.69, 9.17) is 13.0 Å². The molecule has 1 heterocycles. The fourth-order valence-electron chi connectivity index (χ4n) is 2.97. The topological polar surface area (TPSA) is 44.8 Å². The van der Waals surface area contributed by atoms with Crippen molar-refractivity contribution >= 4 is 5.97 Å². The molecule has 4 atom stereocenters. The molecular formula is C16H17F5O4. The second kappa shape index (κ2) is 6.44. The molecule has 0 saturated carbocycles. The van der Waals surface area contributed by atoms with E-state index in [1.165, 1.54) is 0 Å². The van der Waals surface area contributed by atoms with Gasteiger partial charge in [-0.3, -0.25) is 0 Å². The number of esters is 1. The smallest absolute Gasteiger partial charge is 0.417 e. The second-order valence-corrected chi connectivity index (χ2v) is 5.76. The molecule has 0 unspecified atom stereocenters. The molecule has 2 rings (SSSR count). The van der Waals surface area contributed by atoms with Crippen molar-refractivity contribution < 1.29 is 49.2 Å². The summed E-state index contributed by atoms with van der Waals surface area (Å²) in [7, 11) is -6.66. The van der Waals surface area contributed by atoms with Crippen molar-refractivity contribution in [1.82, 2.24) is 0 Å². The monoisotopic (exact) mass is 374 g/mol. The molecule has 0 aliphatic carbocycles. The van der Waals surface area contributed by atoms with Crippen molar-refractivity contribution in [3.63, 3.8) is 0 Å². The Balaban J connectivity index is 2.70. The number of carbonyl (C=O) groups excluding carboxylic acids is 1. The number of methoxy groups -OCH3 is 2. The van der Waals surface area contributed by atoms with Crippen LogP contribution in [0.25, 0.3) is 0 Å². The third-order valence-electron chi connectivity index (χ3n) is 4.54. The minimum absolute atomic E-state index is 0.499. The molecule has 1 aliphatic heterocycles. The van der Waals surface area contributed by atoms with Gasteiger partial charge in [0.15, 0.2) is 23.3 Å². The molecular weight excluding hydrogens is 351 g/mol. The molecule has 1 saturated heterocycles. The lowest BCUT2D eigenvalue weighted by molar-refractivity contribution is -0.274. The van der Waals surface area contributed by atoms with Gasteiger partial charge in [-0.2, -0.15) is 17.6 Å². The Hall–Kier alpha value is -1.90. The number of benzene rings is 1. The summed E-state index contributed by atoms with van der Waals surface area (Å²) in [5.74, 6) is -9.86. The Morgan fingerprint density at radius 2 is 2.00 bits per heavy atom. The standard InChI is InChI=1S/C16H17F5O4/c1-7-10(8-5-6-9(17)11(18)12(8)23-3)13(14(22)24-4)25-15(7,2)16(19,20)21/h5-7,10,13H,1-4H3/t7-,10-,13+,15+/m0/s1/i3D3,4D3. The van der Waals surface area contributed by atoms with Crippen LogP contribution in [0.4, 0.5) is 22.0 Å². The highest BCUT2D eigenvalue weighted by Gasteiger charge is 2.66. The van der Waals surface area contributed by atoms with Crippen molar-refractivity contribution in [2.45, 2.75) is 37.6 Å². The number of hydrogen-bond donors (Lipinski definition) is 0. The van der Waals surface area contributed by atoms with Crippen molar-refractivity contribution in [3.05, 3.63) is 29.3 Å². The maximum Gasteiger partial charge on any atom is 0.417 e. The maximum absolute atomic E-state index is 14.4. The largest absolute Gasteiger partial charge is 0.493 e. The van der Waals surface area contributed by atoms with Gasteiger partial charge >= 0.3 is 12.1 Å². The summed E-state index contributed by atoms with van der Waals surface area (Å²) in [6.07, 6.45) is -7.32. The van der Waals surface area contributed by atoms with Crippen molar-refractivity contribution in [2.24, 2.45) is 5.92 Å². The lowest BCUT2D eigenvalue weighted by Gasteiger charge is -2.31. The Kier molecular flexibility index (Phi) is 3.21. The molecule has 0 bridgehead atoms. The molecule has 1 aromatic carbocycles. The summed E-state index contributed by atoms with van der Waals surface area (Å²) < 4.78 is 125. The number of rotatable bonds is 3. The average Bonchev–Trinajstić information content (AvgIpc) is 2.83. The zero-order valence-electron chi connectivity index (χ0n) is 18.9. The van der Waals surface area contributed by atoms with E-state index < -0.39 is 72.7 Å². The Morgan fingerprint density at radius 3 is 2.56 bits per heavy atom. The average molecular weight is 374 g/mol. The summed E-state index contributed by atoms with van der Waals surface area (Å²) in [5, 5.41) is 0. The first-order chi connectivity index (χ1) is 13.8. The van der Waals surface area contributed by atoms with Gasteiger partial charge in [0.25, 0.3) is 0 Å². The molecule has 9 heteroatoms. The Labute approximate surface area is 149 Å². The molecule has 1 aromatic rings. The molecule has 1 aliphatic rings. The first-order valence-electron chi connectivity index (χ1n) is 9.93. The van der Waals surface area contributed by atoms with Gasteiger partial charge in [0.2, 0.25) is 5.82 Å². The molecule has 25 heavy (non-hydrogen) atoms. The highest BCUT2D eigenvalue weighted by Crippen LogP contribution is 2.54. The maximum atomic E-state index is 14.4. The van der Waals surface area contributed by atoms with E-state index in [0.717, 1.165) is 13.0 Å². The highest BCUT2D eigenvalue weighted by atomic mass is 19.4. The lowest BCUT2D eigenvalue weighted by atomic mass is 9.77. The second-order valence-electron chi connectivity index (χ2n) is 5.76. The van der Waals surface area contributed by atoms with Crippen molar-refractivity contribution in [1.29, 1.82) is 0 Å². The van der Waals surface area contributed by atoms with Crippen LogP contribution in [0, 0.1) is 17.6 Å². The number of ether oxygens (including phenoxy) is 3. The van der Waals surface area contributed by atoms with E-state index in [-0.39, 0.29) is 0 Å². The molecule has 1 fully saturated rings. The zero-order valence-corrected chi connectivity index (χ0v) is 12.9. The van der Waals surface area contributed by atoms with Crippen LogP contribution in [0.3, 0.4) is 0 Å². The van der Waals surface area contributed by atoms with Crippen LogP contribution < -0.4 is 4.74 Å². The molecule has 0 spiro atoms. The van der Waals surface area contributed by atoms with E-state index in [1.807, 2.05) is 0 Å². The molecule has 140 valence electrons. The minimum atomic E-state index is -5.08. The van der Waals surface area contributed by atoms with E-state index in [1.54, 1.807) is 0 Å². The predicted molar refractivity (Wildman–Crippen MR) is 76.2 cm³/mol. The number of hydrogen-bond acceptors (Lipinski definition) is 4. The normalized spacial score (nSPS) is 34.1. The summed E-state index contributed by atoms with van der Waals surface area (Å²) in [6, 6.07) is 1.24. The third kappa shape index (κ3) is 2.94.